The van der Waals surface area contributed by atoms with Crippen LogP contribution in [0.1, 0.15) is 59.8 Å². The summed E-state index contributed by atoms with van der Waals surface area (Å²) in [5.41, 5.74) is 0. The number of hydrogen-bond acceptors (Lipinski definition) is 10. The summed E-state index contributed by atoms with van der Waals surface area (Å²) >= 11 is 0. The average Bonchev–Trinajstić information content (AvgIpc) is 2.64. The summed E-state index contributed by atoms with van der Waals surface area (Å²) in [6.07, 6.45) is -0.995. The van der Waals surface area contributed by atoms with Crippen LogP contribution in [0.15, 0.2) is 0 Å². The van der Waals surface area contributed by atoms with Gasteiger partial charge in [0, 0.05) is 27.7 Å². The van der Waals surface area contributed by atoms with Gasteiger partial charge in [-0.2, -0.15) is 0 Å². The Kier molecular flexibility index (Phi) is 9.04. The monoisotopic (exact) mass is 430 g/mol. The Morgan fingerprint density at radius 3 is 1.80 bits per heavy atom. The normalized spacial score (nSPS) is 29.5. The number of hydrogen-bond donors (Lipinski definition) is 0. The van der Waals surface area contributed by atoms with Gasteiger partial charge in [-0.15, -0.1) is 0 Å². The van der Waals surface area contributed by atoms with Crippen molar-refractivity contribution in [3.05, 3.63) is 0 Å². The van der Waals surface area contributed by atoms with Crippen LogP contribution < -0.4 is 0 Å². The summed E-state index contributed by atoms with van der Waals surface area (Å²) in [6.45, 7) is 4.53. The van der Waals surface area contributed by atoms with Crippen molar-refractivity contribution in [3.8, 4) is 0 Å². The van der Waals surface area contributed by atoms with Crippen molar-refractivity contribution in [3.63, 3.8) is 0 Å². The standard InChI is InChI=1S/C20H30O10/c1-11(21)25-10-16-17(26-12(2)22)18(27-13(3)23)19(28-14(4)24)20(30-16)29-15-8-6-5-7-9-15/h15-20H,5-10H2,1-4H3/t16-,17-,18+,19-,20+/m1/s1. The van der Waals surface area contributed by atoms with Gasteiger partial charge in [0.1, 0.15) is 12.7 Å². The van der Waals surface area contributed by atoms with Crippen molar-refractivity contribution in [1.29, 1.82) is 0 Å². The third-order valence-corrected chi connectivity index (χ3v) is 4.83. The molecule has 5 atom stereocenters. The summed E-state index contributed by atoms with van der Waals surface area (Å²) in [6, 6.07) is 0. The van der Waals surface area contributed by atoms with Crippen molar-refractivity contribution in [1.82, 2.24) is 0 Å². The fourth-order valence-corrected chi connectivity index (χ4v) is 3.69. The van der Waals surface area contributed by atoms with Gasteiger partial charge in [-0.3, -0.25) is 19.2 Å². The molecule has 0 amide bonds. The van der Waals surface area contributed by atoms with E-state index in [0.29, 0.717) is 0 Å². The zero-order valence-corrected chi connectivity index (χ0v) is 17.8. The van der Waals surface area contributed by atoms with Gasteiger partial charge in [0.25, 0.3) is 0 Å². The molecular weight excluding hydrogens is 400 g/mol. The summed E-state index contributed by atoms with van der Waals surface area (Å²) < 4.78 is 33.1. The van der Waals surface area contributed by atoms with Gasteiger partial charge >= 0.3 is 23.9 Å². The van der Waals surface area contributed by atoms with E-state index in [1.54, 1.807) is 0 Å². The Morgan fingerprint density at radius 1 is 0.733 bits per heavy atom. The van der Waals surface area contributed by atoms with E-state index in [0.717, 1.165) is 32.1 Å². The predicted octanol–water partition coefficient (Wildman–Crippen LogP) is 1.42. The van der Waals surface area contributed by atoms with Gasteiger partial charge in [0.15, 0.2) is 24.6 Å². The molecule has 1 saturated carbocycles. The molecule has 2 rings (SSSR count). The molecule has 0 unspecified atom stereocenters. The van der Waals surface area contributed by atoms with E-state index < -0.39 is 54.6 Å². The minimum Gasteiger partial charge on any atom is -0.463 e. The Hall–Kier alpha value is -2.20. The summed E-state index contributed by atoms with van der Waals surface area (Å²) in [5.74, 6) is -2.53. The van der Waals surface area contributed by atoms with Crippen LogP contribution in [0.5, 0.6) is 0 Å². The quantitative estimate of drug-likeness (QED) is 0.432. The first kappa shape index (κ1) is 24.1. The molecule has 2 aliphatic rings. The maximum absolute atomic E-state index is 11.8. The number of ether oxygens (including phenoxy) is 6. The van der Waals surface area contributed by atoms with E-state index in [1.807, 2.05) is 0 Å². The van der Waals surface area contributed by atoms with Gasteiger partial charge in [0.05, 0.1) is 6.10 Å². The lowest BCUT2D eigenvalue weighted by atomic mass is 9.96. The lowest BCUT2D eigenvalue weighted by molar-refractivity contribution is -0.318. The van der Waals surface area contributed by atoms with Gasteiger partial charge in [-0.05, 0) is 12.8 Å². The molecule has 1 saturated heterocycles. The second kappa shape index (κ2) is 11.3. The Bertz CT molecular complexity index is 627. The highest BCUT2D eigenvalue weighted by molar-refractivity contribution is 5.68. The molecular formula is C20H30O10. The second-order valence-electron chi connectivity index (χ2n) is 7.46. The van der Waals surface area contributed by atoms with Crippen LogP contribution in [0.2, 0.25) is 0 Å². The van der Waals surface area contributed by atoms with E-state index in [4.69, 9.17) is 28.4 Å². The minimum atomic E-state index is -1.20. The maximum Gasteiger partial charge on any atom is 0.303 e. The topological polar surface area (TPSA) is 124 Å². The van der Waals surface area contributed by atoms with Crippen molar-refractivity contribution < 1.29 is 47.6 Å². The first-order valence-corrected chi connectivity index (χ1v) is 10.1. The van der Waals surface area contributed by atoms with E-state index in [1.165, 1.54) is 27.7 Å². The van der Waals surface area contributed by atoms with Crippen LogP contribution in [0.4, 0.5) is 0 Å². The molecule has 0 aromatic carbocycles. The van der Waals surface area contributed by atoms with E-state index >= 15 is 0 Å². The minimum absolute atomic E-state index is 0.126. The number of esters is 4. The summed E-state index contributed by atoms with van der Waals surface area (Å²) in [7, 11) is 0. The molecule has 0 aromatic rings. The zero-order valence-electron chi connectivity index (χ0n) is 17.8. The molecule has 0 N–H and O–H groups in total. The average molecular weight is 430 g/mol. The maximum atomic E-state index is 11.8. The highest BCUT2D eigenvalue weighted by Gasteiger charge is 2.53. The van der Waals surface area contributed by atoms with Crippen LogP contribution in [0, 0.1) is 0 Å². The van der Waals surface area contributed by atoms with Crippen LogP contribution >= 0.6 is 0 Å². The number of rotatable bonds is 7. The van der Waals surface area contributed by atoms with Crippen molar-refractivity contribution >= 4 is 23.9 Å². The highest BCUT2D eigenvalue weighted by atomic mass is 16.7. The Balaban J connectivity index is 2.34. The fraction of sp³-hybridized carbons (Fsp3) is 0.800. The first-order valence-electron chi connectivity index (χ1n) is 10.1. The SMILES string of the molecule is CC(=O)OC[C@H]1O[C@H](OC2CCCCC2)[C@H](OC(C)=O)[C@@H](OC(C)=O)[C@@H]1OC(C)=O. The van der Waals surface area contributed by atoms with Crippen LogP contribution in [0.25, 0.3) is 0 Å². The van der Waals surface area contributed by atoms with Crippen molar-refractivity contribution in [2.24, 2.45) is 0 Å². The smallest absolute Gasteiger partial charge is 0.303 e. The van der Waals surface area contributed by atoms with Gasteiger partial charge in [-0.25, -0.2) is 0 Å². The van der Waals surface area contributed by atoms with Crippen LogP contribution in [-0.4, -0.2) is 67.3 Å². The van der Waals surface area contributed by atoms with E-state index in [-0.39, 0.29) is 12.7 Å². The van der Waals surface area contributed by atoms with Gasteiger partial charge in [-0.1, -0.05) is 19.3 Å². The number of carbonyl (C=O) groups excluding carboxylic acids is 4. The fourth-order valence-electron chi connectivity index (χ4n) is 3.69. The third-order valence-electron chi connectivity index (χ3n) is 4.83. The van der Waals surface area contributed by atoms with Crippen LogP contribution in [-0.2, 0) is 47.6 Å². The summed E-state index contributed by atoms with van der Waals surface area (Å²) in [4.78, 5) is 46.5. The second-order valence-corrected chi connectivity index (χ2v) is 7.46. The van der Waals surface area contributed by atoms with Crippen molar-refractivity contribution in [2.45, 2.75) is 96.6 Å². The predicted molar refractivity (Wildman–Crippen MR) is 99.9 cm³/mol. The van der Waals surface area contributed by atoms with E-state index in [2.05, 4.69) is 0 Å². The molecule has 10 nitrogen and oxygen atoms in total. The first-order chi connectivity index (χ1) is 14.2. The molecule has 1 aliphatic carbocycles. The Morgan fingerprint density at radius 2 is 1.27 bits per heavy atom. The van der Waals surface area contributed by atoms with Gasteiger partial charge < -0.3 is 28.4 Å². The third kappa shape index (κ3) is 7.24. The molecule has 1 heterocycles. The summed E-state index contributed by atoms with van der Waals surface area (Å²) in [5, 5.41) is 0. The molecule has 30 heavy (non-hydrogen) atoms. The molecule has 1 aliphatic heterocycles. The Labute approximate surface area is 175 Å². The lowest BCUT2D eigenvalue weighted by Crippen LogP contribution is -2.63. The highest BCUT2D eigenvalue weighted by Crippen LogP contribution is 2.32. The molecule has 10 heteroatoms. The molecule has 0 bridgehead atoms. The molecule has 0 radical (unpaired) electrons. The largest absolute Gasteiger partial charge is 0.463 e. The molecule has 0 aromatic heterocycles. The van der Waals surface area contributed by atoms with E-state index in [9.17, 15) is 19.2 Å². The lowest BCUT2D eigenvalue weighted by Gasteiger charge is -2.45. The van der Waals surface area contributed by atoms with Crippen LogP contribution in [0.3, 0.4) is 0 Å². The molecule has 0 spiro atoms. The van der Waals surface area contributed by atoms with Crippen molar-refractivity contribution in [2.75, 3.05) is 6.61 Å². The number of carbonyl (C=O) groups is 4. The molecule has 2 fully saturated rings. The zero-order chi connectivity index (χ0) is 22.3. The molecule has 170 valence electrons. The van der Waals surface area contributed by atoms with Gasteiger partial charge in [0.2, 0.25) is 0 Å².